The molecule has 0 saturated heterocycles. The Morgan fingerprint density at radius 3 is 2.65 bits per heavy atom. The van der Waals surface area contributed by atoms with Gasteiger partial charge in [-0.3, -0.25) is 0 Å². The second-order valence-corrected chi connectivity index (χ2v) is 6.24. The maximum Gasteiger partial charge on any atom is 0.123 e. The van der Waals surface area contributed by atoms with Crippen molar-refractivity contribution in [1.82, 2.24) is 0 Å². The van der Waals surface area contributed by atoms with Gasteiger partial charge in [-0.25, -0.2) is 4.39 Å². The van der Waals surface area contributed by atoms with Crippen molar-refractivity contribution in [2.75, 3.05) is 18.1 Å². The molecule has 2 aromatic rings. The zero-order valence-electron chi connectivity index (χ0n) is 10.8. The zero-order valence-corrected chi connectivity index (χ0v) is 13.2. The van der Waals surface area contributed by atoms with Crippen molar-refractivity contribution in [3.8, 4) is 5.75 Å². The first-order chi connectivity index (χ1) is 9.65. The lowest BCUT2D eigenvalue weighted by Crippen LogP contribution is -1.99. The van der Waals surface area contributed by atoms with Crippen LogP contribution < -0.4 is 10.5 Å². The highest BCUT2D eigenvalue weighted by Gasteiger charge is 2.01. The van der Waals surface area contributed by atoms with E-state index in [4.69, 9.17) is 10.5 Å². The summed E-state index contributed by atoms with van der Waals surface area (Å²) in [5, 5.41) is 0. The predicted molar refractivity (Wildman–Crippen MR) is 85.8 cm³/mol. The lowest BCUT2D eigenvalue weighted by molar-refractivity contribution is 0.318. The zero-order chi connectivity index (χ0) is 14.4. The quantitative estimate of drug-likeness (QED) is 0.462. The molecule has 0 fully saturated rings. The van der Waals surface area contributed by atoms with Gasteiger partial charge in [0.1, 0.15) is 11.6 Å². The minimum atomic E-state index is -0.252. The summed E-state index contributed by atoms with van der Waals surface area (Å²) in [6.07, 6.45) is 0.897. The van der Waals surface area contributed by atoms with Crippen LogP contribution in [0.5, 0.6) is 5.75 Å². The lowest BCUT2D eigenvalue weighted by atomic mass is 10.3. The molecule has 0 atom stereocenters. The highest BCUT2D eigenvalue weighted by molar-refractivity contribution is 9.10. The largest absolute Gasteiger partial charge is 0.494 e. The fourth-order valence-corrected chi connectivity index (χ4v) is 3.03. The molecule has 0 bridgehead atoms. The number of nitrogens with two attached hydrogens (primary N) is 1. The van der Waals surface area contributed by atoms with Crippen LogP contribution in [0.4, 0.5) is 10.1 Å². The van der Waals surface area contributed by atoms with Crippen LogP contribution in [0.3, 0.4) is 0 Å². The topological polar surface area (TPSA) is 35.2 Å². The first-order valence-electron chi connectivity index (χ1n) is 6.21. The van der Waals surface area contributed by atoms with E-state index >= 15 is 0 Å². The molecular weight excluding hydrogens is 341 g/mol. The van der Waals surface area contributed by atoms with Crippen LogP contribution in [0, 0.1) is 5.82 Å². The molecule has 0 saturated carbocycles. The third kappa shape index (κ3) is 4.72. The van der Waals surface area contributed by atoms with Crippen molar-refractivity contribution in [3.63, 3.8) is 0 Å². The van der Waals surface area contributed by atoms with Crippen LogP contribution in [0.25, 0.3) is 0 Å². The molecular formula is C15H15BrFNOS. The summed E-state index contributed by atoms with van der Waals surface area (Å²) < 4.78 is 19.3. The van der Waals surface area contributed by atoms with Crippen LogP contribution in [0.2, 0.25) is 0 Å². The molecule has 20 heavy (non-hydrogen) atoms. The van der Waals surface area contributed by atoms with Crippen LogP contribution in [0.15, 0.2) is 51.8 Å². The third-order valence-electron chi connectivity index (χ3n) is 2.60. The van der Waals surface area contributed by atoms with E-state index in [-0.39, 0.29) is 5.82 Å². The molecule has 0 aliphatic carbocycles. The van der Waals surface area contributed by atoms with Crippen LogP contribution in [0.1, 0.15) is 6.42 Å². The Morgan fingerprint density at radius 2 is 1.90 bits per heavy atom. The van der Waals surface area contributed by atoms with Crippen LogP contribution >= 0.6 is 27.7 Å². The SMILES string of the molecule is Nc1ccc(Br)cc1SCCCOc1ccc(F)cc1. The van der Waals surface area contributed by atoms with E-state index < -0.39 is 0 Å². The van der Waals surface area contributed by atoms with Gasteiger partial charge in [0.25, 0.3) is 0 Å². The van der Waals surface area contributed by atoms with E-state index in [1.807, 2.05) is 18.2 Å². The molecule has 0 heterocycles. The number of ether oxygens (including phenoxy) is 1. The summed E-state index contributed by atoms with van der Waals surface area (Å²) in [7, 11) is 0. The van der Waals surface area contributed by atoms with Gasteiger partial charge in [-0.1, -0.05) is 15.9 Å². The highest BCUT2D eigenvalue weighted by Crippen LogP contribution is 2.28. The summed E-state index contributed by atoms with van der Waals surface area (Å²) >= 11 is 5.13. The van der Waals surface area contributed by atoms with Crippen molar-refractivity contribution < 1.29 is 9.13 Å². The van der Waals surface area contributed by atoms with E-state index in [1.165, 1.54) is 12.1 Å². The molecule has 0 amide bonds. The Balaban J connectivity index is 1.71. The maximum atomic E-state index is 12.7. The van der Waals surface area contributed by atoms with Gasteiger partial charge in [0.2, 0.25) is 0 Å². The maximum absolute atomic E-state index is 12.7. The minimum absolute atomic E-state index is 0.252. The summed E-state index contributed by atoms with van der Waals surface area (Å²) in [5.41, 5.74) is 6.69. The fourth-order valence-electron chi connectivity index (χ4n) is 1.60. The lowest BCUT2D eigenvalue weighted by Gasteiger charge is -2.07. The van der Waals surface area contributed by atoms with Gasteiger partial charge in [-0.2, -0.15) is 0 Å². The van der Waals surface area contributed by atoms with E-state index in [0.29, 0.717) is 12.4 Å². The molecule has 0 aromatic heterocycles. The number of anilines is 1. The van der Waals surface area contributed by atoms with Crippen LogP contribution in [-0.4, -0.2) is 12.4 Å². The Bertz CT molecular complexity index is 562. The number of halogens is 2. The second-order valence-electron chi connectivity index (χ2n) is 4.19. The summed E-state index contributed by atoms with van der Waals surface area (Å²) in [6.45, 7) is 0.604. The molecule has 2 rings (SSSR count). The van der Waals surface area contributed by atoms with Gasteiger partial charge in [0, 0.05) is 20.8 Å². The van der Waals surface area contributed by atoms with Crippen molar-refractivity contribution in [1.29, 1.82) is 0 Å². The molecule has 2 N–H and O–H groups in total. The van der Waals surface area contributed by atoms with Gasteiger partial charge in [-0.15, -0.1) is 11.8 Å². The highest BCUT2D eigenvalue weighted by atomic mass is 79.9. The molecule has 106 valence electrons. The van der Waals surface area contributed by atoms with Gasteiger partial charge in [0.15, 0.2) is 0 Å². The number of nitrogen functional groups attached to an aromatic ring is 1. The number of hydrogen-bond acceptors (Lipinski definition) is 3. The standard InChI is InChI=1S/C15H15BrFNOS/c16-11-2-7-14(18)15(10-11)20-9-1-8-19-13-5-3-12(17)4-6-13/h2-7,10H,1,8-9,18H2. The van der Waals surface area contributed by atoms with E-state index in [1.54, 1.807) is 23.9 Å². The fraction of sp³-hybridized carbons (Fsp3) is 0.200. The van der Waals surface area contributed by atoms with Gasteiger partial charge in [0.05, 0.1) is 6.61 Å². The average Bonchev–Trinajstić information content (AvgIpc) is 2.44. The Hall–Kier alpha value is -1.20. The molecule has 2 nitrogen and oxygen atoms in total. The third-order valence-corrected chi connectivity index (χ3v) is 4.25. The van der Waals surface area contributed by atoms with Gasteiger partial charge in [-0.05, 0) is 48.9 Å². The minimum Gasteiger partial charge on any atom is -0.494 e. The molecule has 5 heteroatoms. The molecule has 2 aromatic carbocycles. The van der Waals surface area contributed by atoms with Gasteiger partial charge < -0.3 is 10.5 Å². The van der Waals surface area contributed by atoms with E-state index in [2.05, 4.69) is 15.9 Å². The van der Waals surface area contributed by atoms with E-state index in [0.717, 1.165) is 27.2 Å². The summed E-state index contributed by atoms with van der Waals surface area (Å²) in [5.74, 6) is 1.36. The van der Waals surface area contributed by atoms with Crippen LogP contribution in [-0.2, 0) is 0 Å². The van der Waals surface area contributed by atoms with Crippen molar-refractivity contribution in [2.24, 2.45) is 0 Å². The van der Waals surface area contributed by atoms with Crippen molar-refractivity contribution in [2.45, 2.75) is 11.3 Å². The number of thioether (sulfide) groups is 1. The Kier molecular flexibility index (Phi) is 5.73. The normalized spacial score (nSPS) is 10.5. The van der Waals surface area contributed by atoms with E-state index in [9.17, 15) is 4.39 Å². The first-order valence-corrected chi connectivity index (χ1v) is 7.99. The van der Waals surface area contributed by atoms with Gasteiger partial charge >= 0.3 is 0 Å². The monoisotopic (exact) mass is 355 g/mol. The molecule has 0 aliphatic rings. The Labute approximate surface area is 130 Å². The second kappa shape index (κ2) is 7.55. The Morgan fingerprint density at radius 1 is 1.15 bits per heavy atom. The average molecular weight is 356 g/mol. The van der Waals surface area contributed by atoms with Crippen molar-refractivity contribution >= 4 is 33.4 Å². The number of benzene rings is 2. The number of rotatable bonds is 6. The molecule has 0 spiro atoms. The molecule has 0 unspecified atom stereocenters. The summed E-state index contributed by atoms with van der Waals surface area (Å²) in [4.78, 5) is 1.07. The summed E-state index contributed by atoms with van der Waals surface area (Å²) in [6, 6.07) is 11.9. The first kappa shape index (κ1) is 15.2. The van der Waals surface area contributed by atoms with Crippen molar-refractivity contribution in [3.05, 3.63) is 52.8 Å². The smallest absolute Gasteiger partial charge is 0.123 e. The number of hydrogen-bond donors (Lipinski definition) is 1. The molecule has 0 radical (unpaired) electrons. The molecule has 0 aliphatic heterocycles. The predicted octanol–water partition coefficient (Wildman–Crippen LogP) is 4.73.